The molecule has 0 bridgehead atoms. The van der Waals surface area contributed by atoms with E-state index in [9.17, 15) is 0 Å². The molecule has 0 spiro atoms. The van der Waals surface area contributed by atoms with Crippen LogP contribution < -0.4 is 14.8 Å². The van der Waals surface area contributed by atoms with E-state index in [1.54, 1.807) is 26.7 Å². The van der Waals surface area contributed by atoms with Gasteiger partial charge in [-0.3, -0.25) is 0 Å². The van der Waals surface area contributed by atoms with Gasteiger partial charge in [0.25, 0.3) is 0 Å². The lowest BCUT2D eigenvalue weighted by Gasteiger charge is -2.12. The SMILES string of the molecule is COc1ccc(Nc2cc3c(cn2)ncn3C)c(OC)c1. The van der Waals surface area contributed by atoms with Crippen LogP contribution in [-0.4, -0.2) is 28.8 Å². The maximum Gasteiger partial charge on any atom is 0.146 e. The van der Waals surface area contributed by atoms with Crippen molar-refractivity contribution in [3.05, 3.63) is 36.8 Å². The van der Waals surface area contributed by atoms with Gasteiger partial charge < -0.3 is 19.4 Å². The second-order valence-electron chi connectivity index (χ2n) is 4.60. The number of nitrogens with zero attached hydrogens (tertiary/aromatic N) is 3. The molecule has 1 aromatic carbocycles. The summed E-state index contributed by atoms with van der Waals surface area (Å²) >= 11 is 0. The van der Waals surface area contributed by atoms with Gasteiger partial charge in [0, 0.05) is 19.2 Å². The highest BCUT2D eigenvalue weighted by molar-refractivity contribution is 5.79. The number of rotatable bonds is 4. The van der Waals surface area contributed by atoms with Crippen molar-refractivity contribution >= 4 is 22.5 Å². The van der Waals surface area contributed by atoms with E-state index < -0.39 is 0 Å². The lowest BCUT2D eigenvalue weighted by Crippen LogP contribution is -1.97. The quantitative estimate of drug-likeness (QED) is 0.798. The minimum atomic E-state index is 0.696. The monoisotopic (exact) mass is 284 g/mol. The first-order valence-corrected chi connectivity index (χ1v) is 6.47. The zero-order chi connectivity index (χ0) is 14.8. The second kappa shape index (κ2) is 5.32. The molecule has 6 nitrogen and oxygen atoms in total. The summed E-state index contributed by atoms with van der Waals surface area (Å²) in [7, 11) is 5.20. The highest BCUT2D eigenvalue weighted by Crippen LogP contribution is 2.31. The van der Waals surface area contributed by atoms with Gasteiger partial charge in [-0.05, 0) is 12.1 Å². The third kappa shape index (κ3) is 2.47. The highest BCUT2D eigenvalue weighted by Gasteiger charge is 2.07. The van der Waals surface area contributed by atoms with E-state index in [1.165, 1.54) is 0 Å². The molecule has 0 saturated carbocycles. The number of aromatic nitrogens is 3. The fraction of sp³-hybridized carbons (Fsp3) is 0.200. The number of aryl methyl sites for hydroxylation is 1. The molecule has 0 aliphatic rings. The maximum absolute atomic E-state index is 5.37. The highest BCUT2D eigenvalue weighted by atomic mass is 16.5. The van der Waals surface area contributed by atoms with Crippen LogP contribution in [0.5, 0.6) is 11.5 Å². The number of ether oxygens (including phenoxy) is 2. The molecule has 2 aromatic heterocycles. The Labute approximate surface area is 122 Å². The molecular formula is C15H16N4O2. The summed E-state index contributed by atoms with van der Waals surface area (Å²) in [6.07, 6.45) is 3.51. The normalized spacial score (nSPS) is 10.6. The molecule has 3 rings (SSSR count). The third-order valence-electron chi connectivity index (χ3n) is 3.28. The topological polar surface area (TPSA) is 61.2 Å². The number of hydrogen-bond acceptors (Lipinski definition) is 5. The van der Waals surface area contributed by atoms with Crippen molar-refractivity contribution in [3.63, 3.8) is 0 Å². The number of imidazole rings is 1. The van der Waals surface area contributed by atoms with Crippen molar-refractivity contribution in [2.45, 2.75) is 0 Å². The van der Waals surface area contributed by atoms with Gasteiger partial charge in [0.15, 0.2) is 0 Å². The van der Waals surface area contributed by atoms with Gasteiger partial charge in [0.1, 0.15) is 22.8 Å². The second-order valence-corrected chi connectivity index (χ2v) is 4.60. The number of pyridine rings is 1. The molecule has 21 heavy (non-hydrogen) atoms. The molecule has 1 N–H and O–H groups in total. The fourth-order valence-electron chi connectivity index (χ4n) is 2.14. The van der Waals surface area contributed by atoms with E-state index in [0.717, 1.165) is 28.3 Å². The predicted molar refractivity (Wildman–Crippen MR) is 81.3 cm³/mol. The Balaban J connectivity index is 1.95. The maximum atomic E-state index is 5.37. The van der Waals surface area contributed by atoms with Gasteiger partial charge in [-0.2, -0.15) is 0 Å². The van der Waals surface area contributed by atoms with Crippen molar-refractivity contribution in [2.24, 2.45) is 7.05 Å². The summed E-state index contributed by atoms with van der Waals surface area (Å²) in [6.45, 7) is 0. The Hall–Kier alpha value is -2.76. The Morgan fingerprint density at radius 2 is 1.95 bits per heavy atom. The minimum absolute atomic E-state index is 0.696. The summed E-state index contributed by atoms with van der Waals surface area (Å²) in [5, 5.41) is 3.25. The van der Waals surface area contributed by atoms with Crippen molar-refractivity contribution in [3.8, 4) is 11.5 Å². The Morgan fingerprint density at radius 3 is 2.71 bits per heavy atom. The first kappa shape index (κ1) is 13.2. The largest absolute Gasteiger partial charge is 0.497 e. The molecule has 0 unspecified atom stereocenters. The van der Waals surface area contributed by atoms with Crippen molar-refractivity contribution in [1.29, 1.82) is 0 Å². The van der Waals surface area contributed by atoms with Crippen LogP contribution >= 0.6 is 0 Å². The number of hydrogen-bond donors (Lipinski definition) is 1. The third-order valence-corrected chi connectivity index (χ3v) is 3.28. The molecule has 0 saturated heterocycles. The number of benzene rings is 1. The number of nitrogens with one attached hydrogen (secondary N) is 1. The molecule has 3 aromatic rings. The van der Waals surface area contributed by atoms with Gasteiger partial charge in [0.05, 0.1) is 37.9 Å². The molecule has 0 aliphatic carbocycles. The summed E-state index contributed by atoms with van der Waals surface area (Å²) in [5.74, 6) is 2.17. The summed E-state index contributed by atoms with van der Waals surface area (Å²) in [6, 6.07) is 7.54. The van der Waals surface area contributed by atoms with Crippen LogP contribution in [0.1, 0.15) is 0 Å². The minimum Gasteiger partial charge on any atom is -0.497 e. The molecular weight excluding hydrogens is 268 g/mol. The molecule has 0 fully saturated rings. The van der Waals surface area contributed by atoms with E-state index >= 15 is 0 Å². The van der Waals surface area contributed by atoms with Gasteiger partial charge in [0.2, 0.25) is 0 Å². The number of anilines is 2. The van der Waals surface area contributed by atoms with Crippen LogP contribution in [0, 0.1) is 0 Å². The van der Waals surface area contributed by atoms with Crippen LogP contribution in [0.3, 0.4) is 0 Å². The van der Waals surface area contributed by atoms with Gasteiger partial charge in [-0.15, -0.1) is 0 Å². The Kier molecular flexibility index (Phi) is 3.35. The zero-order valence-corrected chi connectivity index (χ0v) is 12.1. The Bertz CT molecular complexity index is 782. The summed E-state index contributed by atoms with van der Waals surface area (Å²) < 4.78 is 12.5. The van der Waals surface area contributed by atoms with E-state index in [-0.39, 0.29) is 0 Å². The fourth-order valence-corrected chi connectivity index (χ4v) is 2.14. The lowest BCUT2D eigenvalue weighted by atomic mass is 10.2. The van der Waals surface area contributed by atoms with Crippen molar-refractivity contribution in [1.82, 2.24) is 14.5 Å². The molecule has 0 atom stereocenters. The molecule has 0 radical (unpaired) electrons. The summed E-state index contributed by atoms with van der Waals surface area (Å²) in [4.78, 5) is 8.61. The number of fused-ring (bicyclic) bond motifs is 1. The number of methoxy groups -OCH3 is 2. The zero-order valence-electron chi connectivity index (χ0n) is 12.1. The lowest BCUT2D eigenvalue weighted by molar-refractivity contribution is 0.395. The molecule has 6 heteroatoms. The molecule has 108 valence electrons. The predicted octanol–water partition coefficient (Wildman–Crippen LogP) is 2.73. The molecule has 0 amide bonds. The van der Waals surface area contributed by atoms with E-state index in [1.807, 2.05) is 35.9 Å². The van der Waals surface area contributed by atoms with Crippen LogP contribution in [-0.2, 0) is 7.05 Å². The van der Waals surface area contributed by atoms with Crippen molar-refractivity contribution < 1.29 is 9.47 Å². The van der Waals surface area contributed by atoms with Crippen LogP contribution in [0.25, 0.3) is 11.0 Å². The standard InChI is InChI=1S/C15H16N4O2/c1-19-9-17-12-8-16-15(7-13(12)19)18-11-5-4-10(20-2)6-14(11)21-3/h4-9H,1-3H3,(H,16,18). The summed E-state index contributed by atoms with van der Waals surface area (Å²) in [5.41, 5.74) is 2.71. The van der Waals surface area contributed by atoms with Gasteiger partial charge in [-0.1, -0.05) is 0 Å². The van der Waals surface area contributed by atoms with Gasteiger partial charge >= 0.3 is 0 Å². The van der Waals surface area contributed by atoms with E-state index in [2.05, 4.69) is 15.3 Å². The first-order valence-electron chi connectivity index (χ1n) is 6.47. The first-order chi connectivity index (χ1) is 10.2. The van der Waals surface area contributed by atoms with Gasteiger partial charge in [-0.25, -0.2) is 9.97 Å². The van der Waals surface area contributed by atoms with Crippen LogP contribution in [0.4, 0.5) is 11.5 Å². The average Bonchev–Trinajstić information content (AvgIpc) is 2.89. The molecule has 0 aliphatic heterocycles. The van der Waals surface area contributed by atoms with Crippen LogP contribution in [0.15, 0.2) is 36.8 Å². The smallest absolute Gasteiger partial charge is 0.146 e. The van der Waals surface area contributed by atoms with E-state index in [0.29, 0.717) is 5.75 Å². The van der Waals surface area contributed by atoms with Crippen molar-refractivity contribution in [2.75, 3.05) is 19.5 Å². The molecule has 2 heterocycles. The Morgan fingerprint density at radius 1 is 1.10 bits per heavy atom. The van der Waals surface area contributed by atoms with E-state index in [4.69, 9.17) is 9.47 Å². The van der Waals surface area contributed by atoms with Crippen LogP contribution in [0.2, 0.25) is 0 Å². The average molecular weight is 284 g/mol.